The third kappa shape index (κ3) is 3.66. The van der Waals surface area contributed by atoms with Gasteiger partial charge in [0.2, 0.25) is 0 Å². The standard InChI is InChI=1S/C18H20N2O3S/c1-13(2)23-18-19-16-9-5-6-10-17(16)20(18)11-14-7-3-4-8-15(14)12-24(21)22/h3-10,13H,11-12H2,1-2H3,(H,21,22). The van der Waals surface area contributed by atoms with Crippen LogP contribution in [0.4, 0.5) is 0 Å². The molecular weight excluding hydrogens is 324 g/mol. The minimum atomic E-state index is -1.87. The predicted molar refractivity (Wildman–Crippen MR) is 95.5 cm³/mol. The minimum absolute atomic E-state index is 0.0146. The van der Waals surface area contributed by atoms with Crippen LogP contribution in [0.15, 0.2) is 48.5 Å². The SMILES string of the molecule is CC(C)Oc1nc2ccccc2n1Cc1ccccc1CS(=O)O. The number of imidazole rings is 1. The Bertz CT molecular complexity index is 874. The zero-order valence-electron chi connectivity index (χ0n) is 13.7. The van der Waals surface area contributed by atoms with E-state index in [2.05, 4.69) is 4.98 Å². The van der Waals surface area contributed by atoms with Gasteiger partial charge in [0.25, 0.3) is 6.01 Å². The van der Waals surface area contributed by atoms with E-state index in [4.69, 9.17) is 4.74 Å². The summed E-state index contributed by atoms with van der Waals surface area (Å²) in [5.41, 5.74) is 3.69. The van der Waals surface area contributed by atoms with Crippen molar-refractivity contribution >= 4 is 22.1 Å². The fourth-order valence-corrected chi connectivity index (χ4v) is 3.21. The van der Waals surface area contributed by atoms with Crippen molar-refractivity contribution in [3.05, 3.63) is 59.7 Å². The summed E-state index contributed by atoms with van der Waals surface area (Å²) in [7, 11) is 0. The van der Waals surface area contributed by atoms with Gasteiger partial charge in [-0.1, -0.05) is 36.4 Å². The zero-order chi connectivity index (χ0) is 17.1. The molecule has 1 aromatic heterocycles. The van der Waals surface area contributed by atoms with Crippen molar-refractivity contribution < 1.29 is 13.5 Å². The molecule has 1 N–H and O–H groups in total. The first-order chi connectivity index (χ1) is 11.5. The van der Waals surface area contributed by atoms with Gasteiger partial charge in [-0.15, -0.1) is 0 Å². The normalized spacial score (nSPS) is 12.7. The van der Waals surface area contributed by atoms with E-state index < -0.39 is 11.1 Å². The van der Waals surface area contributed by atoms with Gasteiger partial charge in [0.1, 0.15) is 0 Å². The molecule has 0 aliphatic carbocycles. The highest BCUT2D eigenvalue weighted by Crippen LogP contribution is 2.24. The summed E-state index contributed by atoms with van der Waals surface area (Å²) in [6.07, 6.45) is 0.0146. The summed E-state index contributed by atoms with van der Waals surface area (Å²) in [6, 6.07) is 16.1. The van der Waals surface area contributed by atoms with E-state index in [1.807, 2.05) is 66.9 Å². The van der Waals surface area contributed by atoms with Crippen molar-refractivity contribution in [2.45, 2.75) is 32.2 Å². The maximum Gasteiger partial charge on any atom is 0.297 e. The second kappa shape index (κ2) is 7.15. The first-order valence-electron chi connectivity index (χ1n) is 7.80. The Kier molecular flexibility index (Phi) is 4.97. The molecule has 1 unspecified atom stereocenters. The Hall–Kier alpha value is -2.18. The van der Waals surface area contributed by atoms with Crippen molar-refractivity contribution in [2.75, 3.05) is 0 Å². The van der Waals surface area contributed by atoms with Gasteiger partial charge in [-0.25, -0.2) is 4.21 Å². The van der Waals surface area contributed by atoms with E-state index in [9.17, 15) is 8.76 Å². The number of nitrogens with zero attached hydrogens (tertiary/aromatic N) is 2. The molecule has 0 saturated carbocycles. The summed E-state index contributed by atoms with van der Waals surface area (Å²) < 4.78 is 28.3. The number of fused-ring (bicyclic) bond motifs is 1. The van der Waals surface area contributed by atoms with Crippen LogP contribution in [0.3, 0.4) is 0 Å². The van der Waals surface area contributed by atoms with E-state index in [1.165, 1.54) is 0 Å². The van der Waals surface area contributed by atoms with Gasteiger partial charge in [-0.05, 0) is 37.1 Å². The molecule has 1 atom stereocenters. The fourth-order valence-electron chi connectivity index (χ4n) is 2.66. The summed E-state index contributed by atoms with van der Waals surface area (Å²) in [6.45, 7) is 4.47. The van der Waals surface area contributed by atoms with Gasteiger partial charge >= 0.3 is 0 Å². The monoisotopic (exact) mass is 344 g/mol. The van der Waals surface area contributed by atoms with Crippen LogP contribution < -0.4 is 4.74 Å². The highest BCUT2D eigenvalue weighted by atomic mass is 32.2. The highest BCUT2D eigenvalue weighted by molar-refractivity contribution is 7.78. The number of aromatic nitrogens is 2. The molecule has 0 saturated heterocycles. The molecule has 2 aromatic carbocycles. The van der Waals surface area contributed by atoms with Gasteiger partial charge in [0.15, 0.2) is 11.1 Å². The lowest BCUT2D eigenvalue weighted by Crippen LogP contribution is -2.12. The topological polar surface area (TPSA) is 64.4 Å². The molecule has 1 heterocycles. The lowest BCUT2D eigenvalue weighted by molar-refractivity contribution is 0.214. The van der Waals surface area contributed by atoms with Crippen LogP contribution in [-0.4, -0.2) is 24.4 Å². The molecule has 24 heavy (non-hydrogen) atoms. The van der Waals surface area contributed by atoms with E-state index in [0.717, 1.165) is 22.2 Å². The molecule has 0 amide bonds. The lowest BCUT2D eigenvalue weighted by Gasteiger charge is -2.14. The molecule has 0 aliphatic heterocycles. The summed E-state index contributed by atoms with van der Waals surface area (Å²) in [4.78, 5) is 4.57. The molecule has 126 valence electrons. The first-order valence-corrected chi connectivity index (χ1v) is 9.08. The van der Waals surface area contributed by atoms with Gasteiger partial charge in [0.05, 0.1) is 29.4 Å². The van der Waals surface area contributed by atoms with Crippen LogP contribution in [0.1, 0.15) is 25.0 Å². The van der Waals surface area contributed by atoms with Crippen LogP contribution in [0.5, 0.6) is 6.01 Å². The van der Waals surface area contributed by atoms with Crippen LogP contribution in [0.2, 0.25) is 0 Å². The largest absolute Gasteiger partial charge is 0.462 e. The molecule has 0 spiro atoms. The molecule has 0 radical (unpaired) electrons. The molecule has 3 aromatic rings. The number of rotatable bonds is 6. The molecule has 3 rings (SSSR count). The Labute approximate surface area is 143 Å². The van der Waals surface area contributed by atoms with Crippen LogP contribution in [0, 0.1) is 0 Å². The van der Waals surface area contributed by atoms with Crippen molar-refractivity contribution in [2.24, 2.45) is 0 Å². The summed E-state index contributed by atoms with van der Waals surface area (Å²) >= 11 is -1.87. The zero-order valence-corrected chi connectivity index (χ0v) is 14.5. The van der Waals surface area contributed by atoms with Gasteiger partial charge in [-0.3, -0.25) is 4.57 Å². The third-order valence-electron chi connectivity index (χ3n) is 3.69. The summed E-state index contributed by atoms with van der Waals surface area (Å²) in [5, 5.41) is 0. The molecular formula is C18H20N2O3S. The van der Waals surface area contributed by atoms with Crippen LogP contribution in [-0.2, 0) is 23.4 Å². The molecule has 0 bridgehead atoms. The average Bonchev–Trinajstić information content (AvgIpc) is 2.86. The molecule has 6 heteroatoms. The maximum atomic E-state index is 11.2. The van der Waals surface area contributed by atoms with Crippen molar-refractivity contribution in [3.8, 4) is 6.01 Å². The minimum Gasteiger partial charge on any atom is -0.462 e. The van der Waals surface area contributed by atoms with Crippen molar-refractivity contribution in [1.82, 2.24) is 9.55 Å². The number of hydrogen-bond donors (Lipinski definition) is 1. The summed E-state index contributed by atoms with van der Waals surface area (Å²) in [5.74, 6) is 0.114. The Morgan fingerprint density at radius 2 is 1.79 bits per heavy atom. The predicted octanol–water partition coefficient (Wildman–Crippen LogP) is 3.59. The Morgan fingerprint density at radius 3 is 2.50 bits per heavy atom. The first kappa shape index (κ1) is 16.7. The number of hydrogen-bond acceptors (Lipinski definition) is 3. The highest BCUT2D eigenvalue weighted by Gasteiger charge is 2.15. The van der Waals surface area contributed by atoms with Gasteiger partial charge in [0, 0.05) is 0 Å². The van der Waals surface area contributed by atoms with E-state index in [-0.39, 0.29) is 11.9 Å². The number of ether oxygens (including phenoxy) is 1. The smallest absolute Gasteiger partial charge is 0.297 e. The molecule has 0 fully saturated rings. The number of para-hydroxylation sites is 2. The second-order valence-electron chi connectivity index (χ2n) is 5.87. The second-order valence-corrected chi connectivity index (χ2v) is 6.80. The van der Waals surface area contributed by atoms with Crippen molar-refractivity contribution in [1.29, 1.82) is 0 Å². The lowest BCUT2D eigenvalue weighted by atomic mass is 10.1. The quantitative estimate of drug-likeness (QED) is 0.694. The average molecular weight is 344 g/mol. The van der Waals surface area contributed by atoms with Gasteiger partial charge in [-0.2, -0.15) is 4.98 Å². The Balaban J connectivity index is 2.05. The number of benzene rings is 2. The van der Waals surface area contributed by atoms with E-state index in [0.29, 0.717) is 12.6 Å². The van der Waals surface area contributed by atoms with Crippen LogP contribution in [0.25, 0.3) is 11.0 Å². The molecule has 0 aliphatic rings. The van der Waals surface area contributed by atoms with E-state index in [1.54, 1.807) is 0 Å². The Morgan fingerprint density at radius 1 is 1.12 bits per heavy atom. The molecule has 5 nitrogen and oxygen atoms in total. The maximum absolute atomic E-state index is 11.2. The van der Waals surface area contributed by atoms with E-state index >= 15 is 0 Å². The third-order valence-corrected chi connectivity index (χ3v) is 4.24. The van der Waals surface area contributed by atoms with Gasteiger partial charge < -0.3 is 9.29 Å². The van der Waals surface area contributed by atoms with Crippen LogP contribution >= 0.6 is 0 Å². The fraction of sp³-hybridized carbons (Fsp3) is 0.278. The van der Waals surface area contributed by atoms with Crippen molar-refractivity contribution in [3.63, 3.8) is 0 Å².